The summed E-state index contributed by atoms with van der Waals surface area (Å²) >= 11 is 31.9. The molecule has 27 heavy (non-hydrogen) atoms. The number of carbonyl (C=O) groups excluding carboxylic acids is 1. The quantitative estimate of drug-likeness (QED) is 0.305. The Kier molecular flexibility index (Phi) is 7.08. The van der Waals surface area contributed by atoms with E-state index in [1.807, 2.05) is 0 Å². The molecule has 11 heteroatoms. The third-order valence-electron chi connectivity index (χ3n) is 3.21. The van der Waals surface area contributed by atoms with E-state index >= 15 is 0 Å². The highest BCUT2D eigenvalue weighted by molar-refractivity contribution is 8.01. The first-order valence-corrected chi connectivity index (χ1v) is 11.0. The van der Waals surface area contributed by atoms with Gasteiger partial charge in [0.05, 0.1) is 32.2 Å². The second-order valence-electron chi connectivity index (χ2n) is 5.11. The number of nitrogens with one attached hydrogen (secondary N) is 1. The lowest BCUT2D eigenvalue weighted by Crippen LogP contribution is -2.14. The number of rotatable bonds is 5. The van der Waals surface area contributed by atoms with E-state index in [0.29, 0.717) is 39.8 Å². The van der Waals surface area contributed by atoms with Gasteiger partial charge in [0.25, 0.3) is 0 Å². The van der Waals surface area contributed by atoms with Crippen LogP contribution < -0.4 is 5.32 Å². The van der Waals surface area contributed by atoms with Crippen LogP contribution in [0.25, 0.3) is 5.69 Å². The van der Waals surface area contributed by atoms with Gasteiger partial charge in [0.1, 0.15) is 0 Å². The van der Waals surface area contributed by atoms with Gasteiger partial charge in [-0.1, -0.05) is 69.5 Å². The predicted molar refractivity (Wildman–Crippen MR) is 118 cm³/mol. The van der Waals surface area contributed by atoms with Crippen LogP contribution in [0.15, 0.2) is 40.7 Å². The van der Waals surface area contributed by atoms with Gasteiger partial charge in [-0.15, -0.1) is 5.10 Å². The van der Waals surface area contributed by atoms with Crippen molar-refractivity contribution in [2.75, 3.05) is 11.1 Å². The summed E-state index contributed by atoms with van der Waals surface area (Å²) in [7, 11) is 0. The largest absolute Gasteiger partial charge is 0.324 e. The number of benzene rings is 2. The number of nitrogens with zero attached hydrogens (tertiary/aromatic N) is 2. The molecule has 0 unspecified atom stereocenters. The van der Waals surface area contributed by atoms with Crippen molar-refractivity contribution in [3.05, 3.63) is 60.4 Å². The molecule has 1 aromatic heterocycles. The van der Waals surface area contributed by atoms with E-state index in [4.69, 9.17) is 58.6 Å². The van der Waals surface area contributed by atoms with E-state index < -0.39 is 0 Å². The number of thioether (sulfide) groups is 1. The molecule has 4 nitrogen and oxygen atoms in total. The lowest BCUT2D eigenvalue weighted by atomic mass is 10.3. The maximum atomic E-state index is 12.2. The fraction of sp³-hybridized carbons (Fsp3) is 0.0625. The van der Waals surface area contributed by atoms with Crippen LogP contribution in [0, 0.1) is 3.95 Å². The van der Waals surface area contributed by atoms with Crippen LogP contribution in [0.1, 0.15) is 0 Å². The van der Waals surface area contributed by atoms with Gasteiger partial charge < -0.3 is 5.32 Å². The average Bonchev–Trinajstić information content (AvgIpc) is 2.99. The Balaban J connectivity index is 1.68. The van der Waals surface area contributed by atoms with Crippen molar-refractivity contribution >= 4 is 93.3 Å². The fourth-order valence-electron chi connectivity index (χ4n) is 2.01. The van der Waals surface area contributed by atoms with E-state index in [1.165, 1.54) is 23.1 Å². The van der Waals surface area contributed by atoms with Gasteiger partial charge in [-0.25, -0.2) is 4.68 Å². The number of carbonyl (C=O) groups is 1. The molecular weight excluding hydrogens is 488 g/mol. The van der Waals surface area contributed by atoms with Crippen molar-refractivity contribution in [2.24, 2.45) is 0 Å². The van der Waals surface area contributed by atoms with Gasteiger partial charge in [0.15, 0.2) is 8.29 Å². The van der Waals surface area contributed by atoms with Crippen molar-refractivity contribution in [3.63, 3.8) is 0 Å². The Hall–Kier alpha value is -0.800. The molecule has 0 aliphatic heterocycles. The minimum absolute atomic E-state index is 0.145. The average molecular weight is 497 g/mol. The Labute approximate surface area is 188 Å². The summed E-state index contributed by atoms with van der Waals surface area (Å²) in [6, 6.07) is 9.99. The van der Waals surface area contributed by atoms with E-state index in [0.717, 1.165) is 0 Å². The highest BCUT2D eigenvalue weighted by Gasteiger charge is 2.12. The molecule has 0 fully saturated rings. The maximum absolute atomic E-state index is 12.2. The van der Waals surface area contributed by atoms with Crippen LogP contribution in [0.2, 0.25) is 20.1 Å². The van der Waals surface area contributed by atoms with Crippen molar-refractivity contribution < 1.29 is 4.79 Å². The Bertz CT molecular complexity index is 1070. The minimum Gasteiger partial charge on any atom is -0.324 e. The zero-order chi connectivity index (χ0) is 19.6. The molecule has 0 saturated carbocycles. The summed E-state index contributed by atoms with van der Waals surface area (Å²) in [6.07, 6.45) is 0. The number of amides is 1. The predicted octanol–water partition coefficient (Wildman–Crippen LogP) is 7.01. The monoisotopic (exact) mass is 495 g/mol. The first-order chi connectivity index (χ1) is 12.8. The van der Waals surface area contributed by atoms with E-state index in [-0.39, 0.29) is 11.7 Å². The molecule has 0 bridgehead atoms. The van der Waals surface area contributed by atoms with Crippen molar-refractivity contribution in [3.8, 4) is 5.69 Å². The lowest BCUT2D eigenvalue weighted by molar-refractivity contribution is -0.113. The summed E-state index contributed by atoms with van der Waals surface area (Å²) in [5.74, 6) is -0.0849. The molecule has 1 amide bonds. The van der Waals surface area contributed by atoms with Gasteiger partial charge in [-0.05, 0) is 48.6 Å². The first kappa shape index (κ1) is 20.9. The fourth-order valence-corrected chi connectivity index (χ4v) is 4.80. The Morgan fingerprint density at radius 2 is 1.85 bits per heavy atom. The second kappa shape index (κ2) is 9.13. The molecular formula is C16H9Cl4N3OS3. The molecule has 3 aromatic rings. The summed E-state index contributed by atoms with van der Waals surface area (Å²) < 4.78 is 2.77. The molecule has 0 radical (unpaired) electrons. The van der Waals surface area contributed by atoms with Gasteiger partial charge in [0, 0.05) is 5.02 Å². The molecule has 1 N–H and O–H groups in total. The molecule has 0 aliphatic rings. The van der Waals surface area contributed by atoms with E-state index in [1.54, 1.807) is 41.1 Å². The second-order valence-corrected chi connectivity index (χ2v) is 9.61. The summed E-state index contributed by atoms with van der Waals surface area (Å²) in [6.45, 7) is 0. The topological polar surface area (TPSA) is 46.9 Å². The van der Waals surface area contributed by atoms with Gasteiger partial charge in [-0.2, -0.15) is 0 Å². The zero-order valence-electron chi connectivity index (χ0n) is 13.2. The van der Waals surface area contributed by atoms with E-state index in [2.05, 4.69) is 10.4 Å². The highest BCUT2D eigenvalue weighted by atomic mass is 35.5. The molecule has 1 heterocycles. The van der Waals surface area contributed by atoms with Crippen LogP contribution in [0.5, 0.6) is 0 Å². The minimum atomic E-state index is -0.230. The number of hydrogen-bond donors (Lipinski definition) is 1. The molecule has 3 rings (SSSR count). The number of hydrogen-bond acceptors (Lipinski definition) is 5. The maximum Gasteiger partial charge on any atom is 0.234 e. The number of aromatic nitrogens is 2. The summed E-state index contributed by atoms with van der Waals surface area (Å²) in [5.41, 5.74) is 1.16. The SMILES string of the molecule is O=C(CSc1nn(-c2ccc(Cl)c(Cl)c2)c(=S)s1)Nc1cc(Cl)ccc1Cl. The van der Waals surface area contributed by atoms with Crippen LogP contribution >= 0.6 is 81.7 Å². The molecule has 0 atom stereocenters. The molecule has 2 aromatic carbocycles. The molecule has 0 spiro atoms. The normalized spacial score (nSPS) is 10.8. The zero-order valence-corrected chi connectivity index (χ0v) is 18.7. The van der Waals surface area contributed by atoms with Crippen molar-refractivity contribution in [2.45, 2.75) is 4.34 Å². The van der Waals surface area contributed by atoms with Crippen LogP contribution in [0.4, 0.5) is 5.69 Å². The Morgan fingerprint density at radius 3 is 2.59 bits per heavy atom. The van der Waals surface area contributed by atoms with Crippen LogP contribution in [-0.2, 0) is 4.79 Å². The molecule has 140 valence electrons. The third kappa shape index (κ3) is 5.38. The standard InChI is InChI=1S/C16H9Cl4N3OS3/c17-8-1-3-11(19)13(5-8)21-14(24)7-26-15-22-23(16(25)27-15)9-2-4-10(18)12(20)6-9/h1-6H,7H2,(H,21,24). The summed E-state index contributed by atoms with van der Waals surface area (Å²) in [4.78, 5) is 12.2. The van der Waals surface area contributed by atoms with Gasteiger partial charge in [0.2, 0.25) is 5.91 Å². The van der Waals surface area contributed by atoms with Crippen molar-refractivity contribution in [1.29, 1.82) is 0 Å². The first-order valence-electron chi connectivity index (χ1n) is 7.27. The molecule has 0 saturated heterocycles. The van der Waals surface area contributed by atoms with Gasteiger partial charge in [-0.3, -0.25) is 4.79 Å². The van der Waals surface area contributed by atoms with Gasteiger partial charge >= 0.3 is 0 Å². The number of anilines is 1. The lowest BCUT2D eigenvalue weighted by Gasteiger charge is -2.06. The van der Waals surface area contributed by atoms with Crippen molar-refractivity contribution in [1.82, 2.24) is 9.78 Å². The molecule has 0 aliphatic carbocycles. The van der Waals surface area contributed by atoms with Crippen LogP contribution in [0.3, 0.4) is 0 Å². The van der Waals surface area contributed by atoms with E-state index in [9.17, 15) is 4.79 Å². The highest BCUT2D eigenvalue weighted by Crippen LogP contribution is 2.29. The number of halogens is 4. The summed E-state index contributed by atoms with van der Waals surface area (Å²) in [5, 5.41) is 8.92. The Morgan fingerprint density at radius 1 is 1.11 bits per heavy atom. The van der Waals surface area contributed by atoms with Crippen LogP contribution in [-0.4, -0.2) is 21.4 Å². The smallest absolute Gasteiger partial charge is 0.234 e. The third-order valence-corrected chi connectivity index (χ3v) is 6.88.